The number of ether oxygens (including phenoxy) is 1. The van der Waals surface area contributed by atoms with Crippen molar-refractivity contribution in [2.45, 2.75) is 33.0 Å². The summed E-state index contributed by atoms with van der Waals surface area (Å²) < 4.78 is 5.65. The van der Waals surface area contributed by atoms with Gasteiger partial charge in [-0.05, 0) is 26.3 Å². The molecule has 4 nitrogen and oxygen atoms in total. The second-order valence-corrected chi connectivity index (χ2v) is 5.24. The van der Waals surface area contributed by atoms with E-state index in [2.05, 4.69) is 12.2 Å². The first-order chi connectivity index (χ1) is 7.58. The summed E-state index contributed by atoms with van der Waals surface area (Å²) in [6.07, 6.45) is 0.328. The number of amides is 1. The number of nitrogens with one attached hydrogen (secondary N) is 1. The van der Waals surface area contributed by atoms with Crippen LogP contribution in [-0.4, -0.2) is 49.2 Å². The normalized spacial score (nSPS) is 40.1. The maximum Gasteiger partial charge on any atom is 0.227 e. The van der Waals surface area contributed by atoms with Crippen LogP contribution < -0.4 is 5.32 Å². The van der Waals surface area contributed by atoms with E-state index in [1.54, 1.807) is 0 Å². The largest absolute Gasteiger partial charge is 0.372 e. The van der Waals surface area contributed by atoms with Crippen molar-refractivity contribution in [3.8, 4) is 0 Å². The minimum atomic E-state index is 0.164. The summed E-state index contributed by atoms with van der Waals surface area (Å²) >= 11 is 0. The molecule has 92 valence electrons. The van der Waals surface area contributed by atoms with Gasteiger partial charge in [0.05, 0.1) is 18.1 Å². The number of hydrogen-bond donors (Lipinski definition) is 1. The van der Waals surface area contributed by atoms with E-state index in [1.807, 2.05) is 18.7 Å². The Kier molecular flexibility index (Phi) is 3.50. The Morgan fingerprint density at radius 2 is 1.81 bits per heavy atom. The first kappa shape index (κ1) is 11.9. The van der Waals surface area contributed by atoms with Crippen LogP contribution in [0.5, 0.6) is 0 Å². The number of rotatable bonds is 1. The van der Waals surface area contributed by atoms with Crippen molar-refractivity contribution in [1.29, 1.82) is 0 Å². The van der Waals surface area contributed by atoms with E-state index in [9.17, 15) is 4.79 Å². The van der Waals surface area contributed by atoms with Gasteiger partial charge in [0.15, 0.2) is 0 Å². The second-order valence-electron chi connectivity index (χ2n) is 5.24. The summed E-state index contributed by atoms with van der Waals surface area (Å²) in [6, 6.07) is 0. The summed E-state index contributed by atoms with van der Waals surface area (Å²) in [5, 5.41) is 3.29. The smallest absolute Gasteiger partial charge is 0.227 e. The summed E-state index contributed by atoms with van der Waals surface area (Å²) in [7, 11) is 0. The Morgan fingerprint density at radius 1 is 1.19 bits per heavy atom. The highest BCUT2D eigenvalue weighted by Gasteiger charge is 2.35. The highest BCUT2D eigenvalue weighted by Crippen LogP contribution is 2.21. The fraction of sp³-hybridized carbons (Fsp3) is 0.917. The van der Waals surface area contributed by atoms with E-state index in [1.165, 1.54) is 0 Å². The molecule has 2 aliphatic rings. The zero-order valence-corrected chi connectivity index (χ0v) is 10.4. The summed E-state index contributed by atoms with van der Waals surface area (Å²) in [4.78, 5) is 14.3. The Bertz CT molecular complexity index is 260. The van der Waals surface area contributed by atoms with Crippen LogP contribution in [0.2, 0.25) is 0 Å². The third kappa shape index (κ3) is 2.38. The van der Waals surface area contributed by atoms with Crippen molar-refractivity contribution in [1.82, 2.24) is 10.2 Å². The maximum absolute atomic E-state index is 12.3. The minimum absolute atomic E-state index is 0.164. The van der Waals surface area contributed by atoms with Gasteiger partial charge < -0.3 is 15.0 Å². The van der Waals surface area contributed by atoms with Gasteiger partial charge in [0.2, 0.25) is 5.91 Å². The second kappa shape index (κ2) is 4.72. The van der Waals surface area contributed by atoms with E-state index in [0.29, 0.717) is 11.8 Å². The van der Waals surface area contributed by atoms with Gasteiger partial charge >= 0.3 is 0 Å². The summed E-state index contributed by atoms with van der Waals surface area (Å²) in [5.74, 6) is 0.929. The molecule has 0 radical (unpaired) electrons. The Balaban J connectivity index is 1.98. The van der Waals surface area contributed by atoms with Crippen LogP contribution in [0.25, 0.3) is 0 Å². The molecule has 1 N–H and O–H groups in total. The lowest BCUT2D eigenvalue weighted by molar-refractivity contribution is -0.147. The van der Waals surface area contributed by atoms with E-state index >= 15 is 0 Å². The lowest BCUT2D eigenvalue weighted by Crippen LogP contribution is -2.51. The fourth-order valence-corrected chi connectivity index (χ4v) is 2.73. The van der Waals surface area contributed by atoms with Crippen molar-refractivity contribution in [2.24, 2.45) is 11.8 Å². The molecule has 1 amide bonds. The quantitative estimate of drug-likeness (QED) is 0.707. The van der Waals surface area contributed by atoms with E-state index < -0.39 is 0 Å². The van der Waals surface area contributed by atoms with Crippen molar-refractivity contribution >= 4 is 5.91 Å². The predicted molar refractivity (Wildman–Crippen MR) is 62.1 cm³/mol. The number of hydrogen-bond acceptors (Lipinski definition) is 3. The molecule has 0 aromatic carbocycles. The lowest BCUT2D eigenvalue weighted by Gasteiger charge is -2.37. The molecule has 2 saturated heterocycles. The first-order valence-corrected chi connectivity index (χ1v) is 6.23. The molecule has 0 unspecified atom stereocenters. The third-order valence-corrected chi connectivity index (χ3v) is 3.57. The molecule has 2 rings (SSSR count). The van der Waals surface area contributed by atoms with E-state index in [4.69, 9.17) is 4.74 Å². The van der Waals surface area contributed by atoms with Gasteiger partial charge in [0.25, 0.3) is 0 Å². The van der Waals surface area contributed by atoms with Gasteiger partial charge in [-0.3, -0.25) is 4.79 Å². The summed E-state index contributed by atoms with van der Waals surface area (Å²) in [5.41, 5.74) is 0. The van der Waals surface area contributed by atoms with Crippen LogP contribution in [-0.2, 0) is 9.53 Å². The summed E-state index contributed by atoms with van der Waals surface area (Å²) in [6.45, 7) is 9.50. The van der Waals surface area contributed by atoms with Gasteiger partial charge in [-0.2, -0.15) is 0 Å². The Labute approximate surface area is 97.3 Å². The standard InChI is InChI=1S/C12H22N2O2/c1-8-4-13-5-11(8)12(15)14-6-9(2)16-10(3)7-14/h8-11,13H,4-7H2,1-3H3/t8-,9-,10+,11-/m1/s1. The van der Waals surface area contributed by atoms with Gasteiger partial charge in [-0.25, -0.2) is 0 Å². The highest BCUT2D eigenvalue weighted by atomic mass is 16.5. The van der Waals surface area contributed by atoms with Gasteiger partial charge in [-0.1, -0.05) is 6.92 Å². The number of morpholine rings is 1. The molecule has 0 aromatic heterocycles. The zero-order valence-electron chi connectivity index (χ0n) is 10.4. The lowest BCUT2D eigenvalue weighted by atomic mass is 9.96. The molecule has 2 aliphatic heterocycles. The molecule has 0 bridgehead atoms. The highest BCUT2D eigenvalue weighted by molar-refractivity contribution is 5.80. The number of nitrogens with zero attached hydrogens (tertiary/aromatic N) is 1. The number of carbonyl (C=O) groups is 1. The maximum atomic E-state index is 12.3. The molecule has 16 heavy (non-hydrogen) atoms. The van der Waals surface area contributed by atoms with E-state index in [0.717, 1.165) is 26.2 Å². The van der Waals surface area contributed by atoms with Crippen molar-refractivity contribution in [3.05, 3.63) is 0 Å². The van der Waals surface area contributed by atoms with Crippen molar-refractivity contribution in [3.63, 3.8) is 0 Å². The molecule has 0 spiro atoms. The molecule has 4 atom stereocenters. The minimum Gasteiger partial charge on any atom is -0.372 e. The van der Waals surface area contributed by atoms with Crippen LogP contribution in [0.4, 0.5) is 0 Å². The topological polar surface area (TPSA) is 41.6 Å². The zero-order chi connectivity index (χ0) is 11.7. The SMILES string of the molecule is C[C@@H]1CN(C(=O)[C@@H]2CNC[C@H]2C)C[C@H](C)O1. The predicted octanol–water partition coefficient (Wildman–Crippen LogP) is 0.478. The van der Waals surface area contributed by atoms with Crippen LogP contribution in [0.3, 0.4) is 0 Å². The van der Waals surface area contributed by atoms with Crippen molar-refractivity contribution < 1.29 is 9.53 Å². The molecule has 0 aromatic rings. The average Bonchev–Trinajstić information content (AvgIpc) is 2.62. The molecular weight excluding hydrogens is 204 g/mol. The first-order valence-electron chi connectivity index (χ1n) is 6.23. The molecule has 0 saturated carbocycles. The average molecular weight is 226 g/mol. The molecule has 0 aliphatic carbocycles. The Morgan fingerprint density at radius 3 is 2.31 bits per heavy atom. The number of carbonyl (C=O) groups excluding carboxylic acids is 1. The third-order valence-electron chi connectivity index (χ3n) is 3.57. The monoisotopic (exact) mass is 226 g/mol. The van der Waals surface area contributed by atoms with Crippen molar-refractivity contribution in [2.75, 3.05) is 26.2 Å². The van der Waals surface area contributed by atoms with Crippen LogP contribution >= 0.6 is 0 Å². The van der Waals surface area contributed by atoms with Gasteiger partial charge in [0.1, 0.15) is 0 Å². The van der Waals surface area contributed by atoms with E-state index in [-0.39, 0.29) is 18.1 Å². The molecular formula is C12H22N2O2. The van der Waals surface area contributed by atoms with Crippen LogP contribution in [0, 0.1) is 11.8 Å². The molecule has 2 heterocycles. The molecule has 2 fully saturated rings. The van der Waals surface area contributed by atoms with Gasteiger partial charge in [0, 0.05) is 19.6 Å². The molecule has 4 heteroatoms. The Hall–Kier alpha value is -0.610. The van der Waals surface area contributed by atoms with Crippen LogP contribution in [0.15, 0.2) is 0 Å². The van der Waals surface area contributed by atoms with Gasteiger partial charge in [-0.15, -0.1) is 0 Å². The fourth-order valence-electron chi connectivity index (χ4n) is 2.73. The van der Waals surface area contributed by atoms with Crippen LogP contribution in [0.1, 0.15) is 20.8 Å².